The zero-order chi connectivity index (χ0) is 20.2. The maximum absolute atomic E-state index is 12.6. The van der Waals surface area contributed by atoms with Crippen molar-refractivity contribution in [3.63, 3.8) is 0 Å². The van der Waals surface area contributed by atoms with E-state index in [0.717, 1.165) is 30.7 Å². The van der Waals surface area contributed by atoms with Crippen molar-refractivity contribution in [3.05, 3.63) is 59.8 Å². The molecule has 0 aliphatic carbocycles. The Morgan fingerprint density at radius 2 is 1.83 bits per heavy atom. The number of nitrogens with zero attached hydrogens (tertiary/aromatic N) is 2. The number of nitrogens with one attached hydrogen (secondary N) is 1. The van der Waals surface area contributed by atoms with Gasteiger partial charge in [0, 0.05) is 37.9 Å². The molecule has 2 heterocycles. The molecular weight excluding hydrogens is 366 g/mol. The third-order valence-corrected chi connectivity index (χ3v) is 5.54. The smallest absolute Gasteiger partial charge is 0.317 e. The third-order valence-electron chi connectivity index (χ3n) is 5.54. The minimum absolute atomic E-state index is 0.0113. The van der Waals surface area contributed by atoms with Gasteiger partial charge in [-0.25, -0.2) is 4.79 Å². The van der Waals surface area contributed by atoms with E-state index in [1.807, 2.05) is 17.0 Å². The van der Waals surface area contributed by atoms with Crippen molar-refractivity contribution in [3.8, 4) is 11.5 Å². The van der Waals surface area contributed by atoms with Crippen molar-refractivity contribution in [2.45, 2.75) is 25.9 Å². The van der Waals surface area contributed by atoms with E-state index in [9.17, 15) is 4.79 Å². The molecule has 2 amide bonds. The number of carbonyl (C=O) groups excluding carboxylic acids is 1. The number of hydrogen-bond donors (Lipinski definition) is 1. The highest BCUT2D eigenvalue weighted by atomic mass is 16.5. The molecule has 1 N–H and O–H groups in total. The van der Waals surface area contributed by atoms with Crippen molar-refractivity contribution in [1.29, 1.82) is 0 Å². The second kappa shape index (κ2) is 8.47. The first-order valence-electron chi connectivity index (χ1n) is 10.00. The van der Waals surface area contributed by atoms with Crippen molar-refractivity contribution in [2.24, 2.45) is 0 Å². The van der Waals surface area contributed by atoms with Crippen LogP contribution in [0.4, 0.5) is 4.79 Å². The van der Waals surface area contributed by atoms with E-state index < -0.39 is 0 Å². The van der Waals surface area contributed by atoms with Crippen molar-refractivity contribution in [2.75, 3.05) is 27.3 Å². The summed E-state index contributed by atoms with van der Waals surface area (Å²) in [7, 11) is 3.27. The maximum atomic E-state index is 12.6. The number of hydrogen-bond acceptors (Lipinski definition) is 3. The fourth-order valence-electron chi connectivity index (χ4n) is 3.95. The third kappa shape index (κ3) is 4.01. The molecule has 0 saturated heterocycles. The molecule has 4 rings (SSSR count). The number of fused-ring (bicyclic) bond motifs is 2. The molecule has 1 aromatic heterocycles. The number of benzene rings is 2. The average molecular weight is 393 g/mol. The summed E-state index contributed by atoms with van der Waals surface area (Å²) in [6, 6.07) is 14.5. The Morgan fingerprint density at radius 1 is 1.07 bits per heavy atom. The van der Waals surface area contributed by atoms with Crippen LogP contribution in [-0.4, -0.2) is 42.8 Å². The van der Waals surface area contributed by atoms with Crippen LogP contribution >= 0.6 is 0 Å². The molecule has 0 radical (unpaired) electrons. The number of carbonyl (C=O) groups is 1. The summed E-state index contributed by atoms with van der Waals surface area (Å²) >= 11 is 0. The quantitative estimate of drug-likeness (QED) is 0.648. The van der Waals surface area contributed by atoms with Gasteiger partial charge in [0.1, 0.15) is 0 Å². The summed E-state index contributed by atoms with van der Waals surface area (Å²) < 4.78 is 13.0. The summed E-state index contributed by atoms with van der Waals surface area (Å²) in [5.74, 6) is 1.44. The van der Waals surface area contributed by atoms with Crippen LogP contribution in [0.2, 0.25) is 0 Å². The van der Waals surface area contributed by atoms with Crippen molar-refractivity contribution in [1.82, 2.24) is 14.8 Å². The molecule has 0 fully saturated rings. The standard InChI is InChI=1S/C23H27N3O3/c1-28-21-14-18-9-13-26(16-19(18)15-22(21)29-2)23(27)24-10-5-11-25-12-8-17-6-3-4-7-20(17)25/h3-4,6-8,12,14-15H,5,9-11,13,16H2,1-2H3,(H,24,27). The molecule has 1 aliphatic rings. The van der Waals surface area contributed by atoms with Gasteiger partial charge in [-0.05, 0) is 53.6 Å². The van der Waals surface area contributed by atoms with Gasteiger partial charge in [-0.2, -0.15) is 0 Å². The van der Waals surface area contributed by atoms with Crippen LogP contribution in [0.15, 0.2) is 48.7 Å². The Bertz CT molecular complexity index is 1010. The summed E-state index contributed by atoms with van der Waals surface area (Å²) in [6.45, 7) is 2.83. The molecular formula is C23H27N3O3. The normalized spacial score (nSPS) is 13.2. The molecule has 0 spiro atoms. The van der Waals surface area contributed by atoms with E-state index in [1.165, 1.54) is 16.5 Å². The number of aryl methyl sites for hydroxylation is 1. The minimum Gasteiger partial charge on any atom is -0.493 e. The van der Waals surface area contributed by atoms with Crippen LogP contribution in [0.1, 0.15) is 17.5 Å². The average Bonchev–Trinajstić information content (AvgIpc) is 3.18. The van der Waals surface area contributed by atoms with Gasteiger partial charge in [0.15, 0.2) is 11.5 Å². The zero-order valence-corrected chi connectivity index (χ0v) is 17.0. The minimum atomic E-state index is -0.0113. The van der Waals surface area contributed by atoms with Gasteiger partial charge in [-0.1, -0.05) is 18.2 Å². The van der Waals surface area contributed by atoms with Gasteiger partial charge in [0.2, 0.25) is 0 Å². The highest BCUT2D eigenvalue weighted by Crippen LogP contribution is 2.33. The molecule has 1 aliphatic heterocycles. The fourth-order valence-corrected chi connectivity index (χ4v) is 3.95. The maximum Gasteiger partial charge on any atom is 0.317 e. The second-order valence-corrected chi connectivity index (χ2v) is 7.30. The highest BCUT2D eigenvalue weighted by molar-refractivity contribution is 5.79. The van der Waals surface area contributed by atoms with Gasteiger partial charge in [0.25, 0.3) is 0 Å². The van der Waals surface area contributed by atoms with Crippen LogP contribution < -0.4 is 14.8 Å². The molecule has 2 aromatic carbocycles. The van der Waals surface area contributed by atoms with Crippen LogP contribution in [0, 0.1) is 0 Å². The predicted molar refractivity (Wildman–Crippen MR) is 114 cm³/mol. The first-order chi connectivity index (χ1) is 14.2. The lowest BCUT2D eigenvalue weighted by Gasteiger charge is -2.29. The molecule has 0 saturated carbocycles. The molecule has 3 aromatic rings. The lowest BCUT2D eigenvalue weighted by Crippen LogP contribution is -2.43. The van der Waals surface area contributed by atoms with E-state index in [4.69, 9.17) is 9.47 Å². The van der Waals surface area contributed by atoms with Gasteiger partial charge < -0.3 is 24.3 Å². The monoisotopic (exact) mass is 393 g/mol. The summed E-state index contributed by atoms with van der Waals surface area (Å²) in [5, 5.41) is 4.31. The Kier molecular flexibility index (Phi) is 5.60. The van der Waals surface area contributed by atoms with Gasteiger partial charge in [0.05, 0.1) is 14.2 Å². The zero-order valence-electron chi connectivity index (χ0n) is 17.0. The predicted octanol–water partition coefficient (Wildman–Crippen LogP) is 3.82. The van der Waals surface area contributed by atoms with Crippen LogP contribution in [0.25, 0.3) is 10.9 Å². The van der Waals surface area contributed by atoms with Gasteiger partial charge in [-0.15, -0.1) is 0 Å². The van der Waals surface area contributed by atoms with Crippen LogP contribution in [0.3, 0.4) is 0 Å². The molecule has 0 unspecified atom stereocenters. The molecule has 6 nitrogen and oxygen atoms in total. The fraction of sp³-hybridized carbons (Fsp3) is 0.348. The van der Waals surface area contributed by atoms with Crippen LogP contribution in [0.5, 0.6) is 11.5 Å². The summed E-state index contributed by atoms with van der Waals surface area (Å²) in [6.07, 6.45) is 3.81. The summed E-state index contributed by atoms with van der Waals surface area (Å²) in [4.78, 5) is 14.5. The number of methoxy groups -OCH3 is 2. The van der Waals surface area contributed by atoms with Crippen LogP contribution in [-0.2, 0) is 19.5 Å². The van der Waals surface area contributed by atoms with E-state index in [-0.39, 0.29) is 6.03 Å². The SMILES string of the molecule is COc1cc2c(cc1OC)CN(C(=O)NCCCn1ccc3ccccc31)CC2. The Labute approximate surface area is 171 Å². The molecule has 0 atom stereocenters. The number of urea groups is 1. The highest BCUT2D eigenvalue weighted by Gasteiger charge is 2.22. The Balaban J connectivity index is 1.30. The summed E-state index contributed by atoms with van der Waals surface area (Å²) in [5.41, 5.74) is 3.56. The van der Waals surface area contributed by atoms with E-state index >= 15 is 0 Å². The molecule has 0 bridgehead atoms. The first kappa shape index (κ1) is 19.2. The number of para-hydroxylation sites is 1. The number of aromatic nitrogens is 1. The van der Waals surface area contributed by atoms with E-state index in [0.29, 0.717) is 25.4 Å². The number of ether oxygens (including phenoxy) is 2. The molecule has 29 heavy (non-hydrogen) atoms. The van der Waals surface area contributed by atoms with Gasteiger partial charge >= 0.3 is 6.03 Å². The first-order valence-corrected chi connectivity index (χ1v) is 10.00. The lowest BCUT2D eigenvalue weighted by atomic mass is 9.99. The number of rotatable bonds is 6. The van der Waals surface area contributed by atoms with Crippen molar-refractivity contribution < 1.29 is 14.3 Å². The lowest BCUT2D eigenvalue weighted by molar-refractivity contribution is 0.192. The van der Waals surface area contributed by atoms with E-state index in [1.54, 1.807) is 14.2 Å². The van der Waals surface area contributed by atoms with Crippen molar-refractivity contribution >= 4 is 16.9 Å². The topological polar surface area (TPSA) is 55.7 Å². The number of amides is 2. The molecule has 152 valence electrons. The Morgan fingerprint density at radius 3 is 2.62 bits per heavy atom. The second-order valence-electron chi connectivity index (χ2n) is 7.30. The largest absolute Gasteiger partial charge is 0.493 e. The Hall–Kier alpha value is -3.15. The molecule has 6 heteroatoms. The van der Waals surface area contributed by atoms with Gasteiger partial charge in [-0.3, -0.25) is 0 Å². The van der Waals surface area contributed by atoms with E-state index in [2.05, 4.69) is 46.4 Å².